The zero-order valence-corrected chi connectivity index (χ0v) is 9.79. The Hall–Kier alpha value is -0.990. The van der Waals surface area contributed by atoms with Crippen molar-refractivity contribution in [2.24, 2.45) is 7.05 Å². The van der Waals surface area contributed by atoms with Crippen LogP contribution in [0, 0.1) is 6.92 Å². The molecule has 1 fully saturated rings. The molecule has 1 aliphatic carbocycles. The molecule has 2 N–H and O–H groups in total. The Kier molecular flexibility index (Phi) is 2.98. The van der Waals surface area contributed by atoms with Crippen molar-refractivity contribution < 1.29 is 0 Å². The van der Waals surface area contributed by atoms with Gasteiger partial charge >= 0.3 is 0 Å². The van der Waals surface area contributed by atoms with E-state index in [2.05, 4.69) is 12.0 Å². The summed E-state index contributed by atoms with van der Waals surface area (Å²) < 4.78 is 1.82. The first-order valence-electron chi connectivity index (χ1n) is 5.99. The first-order valence-corrected chi connectivity index (χ1v) is 5.99. The van der Waals surface area contributed by atoms with Gasteiger partial charge in [-0.05, 0) is 19.8 Å². The van der Waals surface area contributed by atoms with Gasteiger partial charge in [0.05, 0.1) is 5.69 Å². The van der Waals surface area contributed by atoms with Gasteiger partial charge in [0.2, 0.25) is 0 Å². The maximum Gasteiger partial charge on any atom is 0.124 e. The van der Waals surface area contributed by atoms with Gasteiger partial charge in [-0.25, -0.2) is 0 Å². The highest BCUT2D eigenvalue weighted by Gasteiger charge is 2.20. The van der Waals surface area contributed by atoms with Gasteiger partial charge in [-0.3, -0.25) is 4.68 Å². The van der Waals surface area contributed by atoms with Crippen LogP contribution in [0.2, 0.25) is 0 Å². The van der Waals surface area contributed by atoms with Crippen LogP contribution < -0.4 is 5.73 Å². The van der Waals surface area contributed by atoms with E-state index in [-0.39, 0.29) is 0 Å². The fourth-order valence-corrected chi connectivity index (χ4v) is 2.61. The lowest BCUT2D eigenvalue weighted by Gasteiger charge is -2.11. The van der Waals surface area contributed by atoms with Crippen molar-refractivity contribution >= 4 is 5.82 Å². The minimum absolute atomic E-state index is 0.649. The highest BCUT2D eigenvalue weighted by atomic mass is 15.3. The lowest BCUT2D eigenvalue weighted by molar-refractivity contribution is 0.564. The number of aryl methyl sites for hydroxylation is 1. The SMILES string of the molecule is Cc1c(C2CCCCCC2)nn(C)c1N. The minimum Gasteiger partial charge on any atom is -0.384 e. The molecule has 0 aromatic carbocycles. The molecule has 0 atom stereocenters. The fourth-order valence-electron chi connectivity index (χ4n) is 2.61. The fraction of sp³-hybridized carbons (Fsp3) is 0.750. The number of anilines is 1. The molecule has 3 heteroatoms. The van der Waals surface area contributed by atoms with Gasteiger partial charge in [0.1, 0.15) is 5.82 Å². The number of nitrogens with two attached hydrogens (primary N) is 1. The smallest absolute Gasteiger partial charge is 0.124 e. The van der Waals surface area contributed by atoms with Crippen LogP contribution in [-0.2, 0) is 7.05 Å². The number of nitrogen functional groups attached to an aromatic ring is 1. The first-order chi connectivity index (χ1) is 7.20. The second-order valence-electron chi connectivity index (χ2n) is 4.71. The van der Waals surface area contributed by atoms with Gasteiger partial charge in [0.15, 0.2) is 0 Å². The number of aromatic nitrogens is 2. The summed E-state index contributed by atoms with van der Waals surface area (Å²) in [6, 6.07) is 0. The van der Waals surface area contributed by atoms with Crippen LogP contribution in [0.4, 0.5) is 5.82 Å². The lowest BCUT2D eigenvalue weighted by Crippen LogP contribution is -2.01. The summed E-state index contributed by atoms with van der Waals surface area (Å²) in [4.78, 5) is 0. The highest BCUT2D eigenvalue weighted by molar-refractivity contribution is 5.43. The first kappa shape index (κ1) is 10.5. The molecule has 0 unspecified atom stereocenters. The predicted molar refractivity (Wildman–Crippen MR) is 62.8 cm³/mol. The van der Waals surface area contributed by atoms with Gasteiger partial charge < -0.3 is 5.73 Å². The van der Waals surface area contributed by atoms with Gasteiger partial charge in [0.25, 0.3) is 0 Å². The van der Waals surface area contributed by atoms with Crippen LogP contribution in [0.5, 0.6) is 0 Å². The van der Waals surface area contributed by atoms with Crippen LogP contribution in [0.3, 0.4) is 0 Å². The van der Waals surface area contributed by atoms with Crippen molar-refractivity contribution in [3.05, 3.63) is 11.3 Å². The maximum absolute atomic E-state index is 5.95. The molecule has 3 nitrogen and oxygen atoms in total. The van der Waals surface area contributed by atoms with Crippen LogP contribution in [0.1, 0.15) is 55.7 Å². The zero-order valence-electron chi connectivity index (χ0n) is 9.79. The van der Waals surface area contributed by atoms with E-state index >= 15 is 0 Å². The largest absolute Gasteiger partial charge is 0.384 e. The normalized spacial score (nSPS) is 19.1. The highest BCUT2D eigenvalue weighted by Crippen LogP contribution is 2.33. The molecule has 0 amide bonds. The molecule has 1 aromatic heterocycles. The number of nitrogens with zero attached hydrogens (tertiary/aromatic N) is 2. The van der Waals surface area contributed by atoms with Crippen molar-refractivity contribution in [3.63, 3.8) is 0 Å². The third kappa shape index (κ3) is 2.01. The van der Waals surface area contributed by atoms with Crippen LogP contribution >= 0.6 is 0 Å². The van der Waals surface area contributed by atoms with Gasteiger partial charge in [-0.1, -0.05) is 25.7 Å². The van der Waals surface area contributed by atoms with E-state index in [0.717, 1.165) is 5.82 Å². The third-order valence-electron chi connectivity index (χ3n) is 3.62. The molecule has 0 spiro atoms. The Morgan fingerprint density at radius 2 is 1.80 bits per heavy atom. The van der Waals surface area contributed by atoms with Crippen molar-refractivity contribution in [2.75, 3.05) is 5.73 Å². The van der Waals surface area contributed by atoms with Crippen molar-refractivity contribution in [1.82, 2.24) is 9.78 Å². The molecule has 0 radical (unpaired) electrons. The van der Waals surface area contributed by atoms with E-state index in [4.69, 9.17) is 5.73 Å². The van der Waals surface area contributed by atoms with E-state index in [1.807, 2.05) is 11.7 Å². The topological polar surface area (TPSA) is 43.8 Å². The molecule has 1 heterocycles. The standard InChI is InChI=1S/C12H21N3/c1-9-11(14-15(2)12(9)13)10-7-5-3-4-6-8-10/h10H,3-8,13H2,1-2H3. The third-order valence-corrected chi connectivity index (χ3v) is 3.62. The lowest BCUT2D eigenvalue weighted by atomic mass is 9.94. The summed E-state index contributed by atoms with van der Waals surface area (Å²) in [5.74, 6) is 1.48. The molecule has 1 aliphatic rings. The van der Waals surface area contributed by atoms with Crippen molar-refractivity contribution in [3.8, 4) is 0 Å². The Morgan fingerprint density at radius 1 is 1.20 bits per heavy atom. The summed E-state index contributed by atoms with van der Waals surface area (Å²) in [6.45, 7) is 2.10. The number of hydrogen-bond acceptors (Lipinski definition) is 2. The summed E-state index contributed by atoms with van der Waals surface area (Å²) >= 11 is 0. The van der Waals surface area contributed by atoms with Gasteiger partial charge in [0, 0.05) is 18.5 Å². The van der Waals surface area contributed by atoms with E-state index in [9.17, 15) is 0 Å². The quantitative estimate of drug-likeness (QED) is 0.720. The molecular formula is C12H21N3. The Morgan fingerprint density at radius 3 is 2.27 bits per heavy atom. The second kappa shape index (κ2) is 4.25. The van der Waals surface area contributed by atoms with E-state index in [1.54, 1.807) is 0 Å². The minimum atomic E-state index is 0.649. The monoisotopic (exact) mass is 207 g/mol. The second-order valence-corrected chi connectivity index (χ2v) is 4.71. The average molecular weight is 207 g/mol. The molecule has 0 bridgehead atoms. The van der Waals surface area contributed by atoms with Crippen LogP contribution in [0.25, 0.3) is 0 Å². The Labute approximate surface area is 91.7 Å². The average Bonchev–Trinajstić information content (AvgIpc) is 2.51. The van der Waals surface area contributed by atoms with E-state index < -0.39 is 0 Å². The Balaban J connectivity index is 2.23. The molecule has 0 saturated heterocycles. The molecule has 1 saturated carbocycles. The maximum atomic E-state index is 5.95. The molecule has 1 aromatic rings. The van der Waals surface area contributed by atoms with Gasteiger partial charge in [-0.15, -0.1) is 0 Å². The van der Waals surface area contributed by atoms with Crippen LogP contribution in [0.15, 0.2) is 0 Å². The molecule has 0 aliphatic heterocycles. The van der Waals surface area contributed by atoms with Crippen molar-refractivity contribution in [1.29, 1.82) is 0 Å². The summed E-state index contributed by atoms with van der Waals surface area (Å²) in [5.41, 5.74) is 8.39. The summed E-state index contributed by atoms with van der Waals surface area (Å²) in [7, 11) is 1.93. The molecule has 2 rings (SSSR count). The zero-order chi connectivity index (χ0) is 10.8. The van der Waals surface area contributed by atoms with Crippen molar-refractivity contribution in [2.45, 2.75) is 51.4 Å². The van der Waals surface area contributed by atoms with E-state index in [1.165, 1.54) is 49.8 Å². The molecule has 15 heavy (non-hydrogen) atoms. The summed E-state index contributed by atoms with van der Waals surface area (Å²) in [5, 5.41) is 4.57. The number of rotatable bonds is 1. The summed E-state index contributed by atoms with van der Waals surface area (Å²) in [6.07, 6.45) is 8.05. The predicted octanol–water partition coefficient (Wildman–Crippen LogP) is 2.75. The molecular weight excluding hydrogens is 186 g/mol. The van der Waals surface area contributed by atoms with Gasteiger partial charge in [-0.2, -0.15) is 5.10 Å². The molecule has 84 valence electrons. The number of hydrogen-bond donors (Lipinski definition) is 1. The Bertz CT molecular complexity index is 333. The van der Waals surface area contributed by atoms with Crippen LogP contribution in [-0.4, -0.2) is 9.78 Å². The van der Waals surface area contributed by atoms with E-state index in [0.29, 0.717) is 5.92 Å².